The van der Waals surface area contributed by atoms with Gasteiger partial charge in [0.2, 0.25) is 5.65 Å². The predicted octanol–water partition coefficient (Wildman–Crippen LogP) is 5.42. The number of H-pyrrole nitrogens is 2. The van der Waals surface area contributed by atoms with Crippen LogP contribution in [0.15, 0.2) is 72.8 Å². The van der Waals surface area contributed by atoms with E-state index in [2.05, 4.69) is 52.0 Å². The Morgan fingerprint density at radius 2 is 1.41 bits per heavy atom. The molecule has 1 fully saturated rings. The van der Waals surface area contributed by atoms with Gasteiger partial charge in [-0.25, -0.2) is 14.4 Å². The van der Waals surface area contributed by atoms with Crippen LogP contribution >= 0.6 is 11.6 Å². The number of esters is 1. The first-order valence-electron chi connectivity index (χ1n) is 21.2. The number of fused-ring (bicyclic) bond motifs is 3. The number of rotatable bonds is 15. The number of carbonyl (C=O) groups excluding carboxylic acids is 3. The molecule has 3 aromatic carbocycles. The Labute approximate surface area is 385 Å². The van der Waals surface area contributed by atoms with Gasteiger partial charge in [-0.15, -0.1) is 10.2 Å². The number of nitrogens with one attached hydrogen (secondary N) is 4. The van der Waals surface area contributed by atoms with Crippen LogP contribution in [0.1, 0.15) is 35.4 Å². The van der Waals surface area contributed by atoms with E-state index in [-0.39, 0.29) is 36.7 Å². The van der Waals surface area contributed by atoms with Gasteiger partial charge in [0.1, 0.15) is 11.6 Å². The van der Waals surface area contributed by atoms with Crippen molar-refractivity contribution in [2.24, 2.45) is 5.92 Å². The van der Waals surface area contributed by atoms with Crippen LogP contribution in [0.4, 0.5) is 15.8 Å². The number of halogens is 2. The smallest absolute Gasteiger partial charge is 0.309 e. The third-order valence-electron chi connectivity index (χ3n) is 10.9. The highest BCUT2D eigenvalue weighted by molar-refractivity contribution is 7.75. The van der Waals surface area contributed by atoms with Crippen LogP contribution in [0.25, 0.3) is 34.1 Å². The van der Waals surface area contributed by atoms with Crippen LogP contribution in [0.3, 0.4) is 0 Å². The van der Waals surface area contributed by atoms with E-state index in [1.165, 1.54) is 20.4 Å². The molecule has 22 heteroatoms. The molecule has 1 aliphatic heterocycles. The van der Waals surface area contributed by atoms with E-state index in [1.54, 1.807) is 55.5 Å². The number of aryl methyl sites for hydroxylation is 3. The van der Waals surface area contributed by atoms with Crippen LogP contribution < -0.4 is 10.6 Å². The molecule has 0 bridgehead atoms. The molecule has 346 valence electrons. The number of carbonyl (C=O) groups is 3. The Kier molecular flexibility index (Phi) is 14.9. The highest BCUT2D eigenvalue weighted by Crippen LogP contribution is 2.27. The van der Waals surface area contributed by atoms with Gasteiger partial charge in [0.05, 0.1) is 37.1 Å². The molecular weight excluding hydrogens is 897 g/mol. The Balaban J connectivity index is 0.000000179. The van der Waals surface area contributed by atoms with Crippen molar-refractivity contribution in [3.8, 4) is 22.8 Å². The molecule has 2 unspecified atom stereocenters. The van der Waals surface area contributed by atoms with Crippen LogP contribution in [-0.4, -0.2) is 119 Å². The van der Waals surface area contributed by atoms with E-state index < -0.39 is 29.7 Å². The van der Waals surface area contributed by atoms with Gasteiger partial charge in [-0.1, -0.05) is 35.9 Å². The summed E-state index contributed by atoms with van der Waals surface area (Å²) in [7, 11) is 0. The number of hydrogen-bond donors (Lipinski definition) is 4. The Hall–Kier alpha value is -6.36. The molecule has 2 atom stereocenters. The summed E-state index contributed by atoms with van der Waals surface area (Å²) in [5.74, 6) is -0.979. The number of benzene rings is 3. The molecular formula is C44H47ClFN11O8S. The molecule has 19 nitrogen and oxygen atoms in total. The lowest BCUT2D eigenvalue weighted by atomic mass is 9.84. The second kappa shape index (κ2) is 21.3. The highest BCUT2D eigenvalue weighted by atomic mass is 35.5. The zero-order valence-electron chi connectivity index (χ0n) is 36.1. The van der Waals surface area contributed by atoms with Crippen LogP contribution in [0.5, 0.6) is 0 Å². The zero-order valence-corrected chi connectivity index (χ0v) is 37.6. The molecule has 5 heterocycles. The number of aromatic amines is 2. The van der Waals surface area contributed by atoms with Gasteiger partial charge in [-0.05, 0) is 99.2 Å². The van der Waals surface area contributed by atoms with E-state index in [0.29, 0.717) is 57.8 Å². The summed E-state index contributed by atoms with van der Waals surface area (Å²) in [4.78, 5) is 47.6. The lowest BCUT2D eigenvalue weighted by Crippen LogP contribution is -2.37. The molecule has 1 aliphatic carbocycles. The van der Waals surface area contributed by atoms with Gasteiger partial charge in [0.25, 0.3) is 11.8 Å². The summed E-state index contributed by atoms with van der Waals surface area (Å²) in [6.07, 6.45) is 2.95. The summed E-state index contributed by atoms with van der Waals surface area (Å²) in [5.41, 5.74) is 6.83. The number of morpholine rings is 1. The average molecular weight is 944 g/mol. The largest absolute Gasteiger partial charge is 0.455 e. The summed E-state index contributed by atoms with van der Waals surface area (Å²) in [6, 6.07) is 21.9. The van der Waals surface area contributed by atoms with Gasteiger partial charge in [0, 0.05) is 42.1 Å². The Bertz CT molecular complexity index is 2840. The van der Waals surface area contributed by atoms with E-state index in [0.717, 1.165) is 56.9 Å². The van der Waals surface area contributed by atoms with Gasteiger partial charge in [0.15, 0.2) is 29.7 Å². The molecule has 2 amide bonds. The van der Waals surface area contributed by atoms with Gasteiger partial charge in [-0.3, -0.25) is 37.8 Å². The third kappa shape index (κ3) is 11.5. The minimum atomic E-state index is -2.00. The quantitative estimate of drug-likeness (QED) is 0.0746. The number of ether oxygens (including phenoxy) is 2. The minimum Gasteiger partial charge on any atom is -0.455 e. The maximum absolute atomic E-state index is 13.9. The van der Waals surface area contributed by atoms with Crippen LogP contribution in [-0.2, 0) is 56.4 Å². The standard InChI is InChI=1S/C24H22ClN5O3.C20H25FN6O5S/c1-14-21(25)23-27-22(29-30(23)28-14)16-8-10-19(11-9-16)26-20(31)13-33-24(32)18-7-6-15-4-2-3-5-17(15)12-18;1-14-18(21)20-23-19(25-27(20)24-14)15-3-5-16(6-4-15)22-17(28)13-32-33(29)31-10-2-7-26-8-11-30-12-9-26/h2-5,8-11,18,28H,6-7,12-13H2,1H3,(H,26,31);3-6,24H,2,7-13H2,1H3,(H,22,28). The fourth-order valence-corrected chi connectivity index (χ4v) is 8.08. The second-order valence-electron chi connectivity index (χ2n) is 15.6. The van der Waals surface area contributed by atoms with Crippen molar-refractivity contribution in [2.75, 3.05) is 63.3 Å². The SMILES string of the molecule is Cc1[nH]n2nc(-c3ccc(NC(=O)COC(=O)C4CCc5ccccc5C4)cc3)nc2c1Cl.Cc1[nH]n2nc(-c3ccc(NC(=O)COS(=O)OCCCN4CCOCC4)cc3)nc2c1F. The second-order valence-corrected chi connectivity index (χ2v) is 16.9. The van der Waals surface area contributed by atoms with Crippen molar-refractivity contribution in [1.82, 2.24) is 44.5 Å². The summed E-state index contributed by atoms with van der Waals surface area (Å²) in [6.45, 7) is 7.04. The molecule has 66 heavy (non-hydrogen) atoms. The summed E-state index contributed by atoms with van der Waals surface area (Å²) in [5, 5.41) is 20.3. The Morgan fingerprint density at radius 3 is 2.05 bits per heavy atom. The van der Waals surface area contributed by atoms with Gasteiger partial charge in [-0.2, -0.15) is 13.5 Å². The van der Waals surface area contributed by atoms with Crippen molar-refractivity contribution in [1.29, 1.82) is 0 Å². The lowest BCUT2D eigenvalue weighted by molar-refractivity contribution is -0.151. The van der Waals surface area contributed by atoms with Crippen molar-refractivity contribution in [3.05, 3.63) is 106 Å². The summed E-state index contributed by atoms with van der Waals surface area (Å²) >= 11 is 4.21. The maximum atomic E-state index is 13.9. The third-order valence-corrected chi connectivity index (χ3v) is 12.0. The van der Waals surface area contributed by atoms with E-state index in [1.807, 2.05) is 25.1 Å². The monoisotopic (exact) mass is 943 g/mol. The van der Waals surface area contributed by atoms with E-state index in [9.17, 15) is 23.0 Å². The first kappa shape index (κ1) is 46.2. The van der Waals surface area contributed by atoms with E-state index in [4.69, 9.17) is 29.4 Å². The van der Waals surface area contributed by atoms with Gasteiger partial charge >= 0.3 is 17.3 Å². The number of hydrogen-bond acceptors (Lipinski definition) is 13. The molecule has 1 saturated heterocycles. The number of aromatic nitrogens is 8. The summed E-state index contributed by atoms with van der Waals surface area (Å²) < 4.78 is 49.1. The first-order valence-corrected chi connectivity index (χ1v) is 22.6. The molecule has 9 rings (SSSR count). The minimum absolute atomic E-state index is 0.119. The predicted molar refractivity (Wildman–Crippen MR) is 242 cm³/mol. The molecule has 2 aliphatic rings. The fourth-order valence-electron chi connectivity index (χ4n) is 7.39. The molecule has 0 saturated carbocycles. The first-order chi connectivity index (χ1) is 32.0. The fraction of sp³-hybridized carbons (Fsp3) is 0.341. The van der Waals surface area contributed by atoms with Crippen LogP contribution in [0, 0.1) is 25.6 Å². The number of nitrogens with zero attached hydrogens (tertiary/aromatic N) is 7. The lowest BCUT2D eigenvalue weighted by Gasteiger charge is -2.26. The van der Waals surface area contributed by atoms with Gasteiger partial charge < -0.3 is 20.1 Å². The van der Waals surface area contributed by atoms with E-state index >= 15 is 0 Å². The highest BCUT2D eigenvalue weighted by Gasteiger charge is 2.26. The zero-order chi connectivity index (χ0) is 46.2. The molecule has 4 N–H and O–H groups in total. The van der Waals surface area contributed by atoms with Crippen molar-refractivity contribution in [2.45, 2.75) is 39.5 Å². The topological polar surface area (TPSA) is 224 Å². The molecule has 0 radical (unpaired) electrons. The molecule has 7 aromatic rings. The molecule has 0 spiro atoms. The number of anilines is 2. The number of amides is 2. The normalized spacial score (nSPS) is 15.5. The van der Waals surface area contributed by atoms with Crippen molar-refractivity contribution < 1.29 is 40.8 Å². The molecule has 4 aromatic heterocycles. The van der Waals surface area contributed by atoms with Crippen LogP contribution in [0.2, 0.25) is 5.02 Å². The van der Waals surface area contributed by atoms with Crippen molar-refractivity contribution >= 4 is 63.4 Å². The Morgan fingerprint density at radius 1 is 0.818 bits per heavy atom. The van der Waals surface area contributed by atoms with Crippen molar-refractivity contribution in [3.63, 3.8) is 0 Å². The maximum Gasteiger partial charge on any atom is 0.309 e. The average Bonchev–Trinajstić information content (AvgIpc) is 4.08.